The molecule has 1 aromatic rings. The summed E-state index contributed by atoms with van der Waals surface area (Å²) in [5, 5.41) is 3.70. The van der Waals surface area contributed by atoms with Crippen molar-refractivity contribution in [3.05, 3.63) is 29.3 Å². The molecule has 2 heterocycles. The van der Waals surface area contributed by atoms with Gasteiger partial charge in [0, 0.05) is 22.9 Å². The summed E-state index contributed by atoms with van der Waals surface area (Å²) < 4.78 is 6.18. The quantitative estimate of drug-likeness (QED) is 0.781. The van der Waals surface area contributed by atoms with Crippen molar-refractivity contribution >= 4 is 5.78 Å². The molecule has 0 radical (unpaired) electrons. The van der Waals surface area contributed by atoms with Gasteiger partial charge in [0.15, 0.2) is 11.9 Å². The van der Waals surface area contributed by atoms with Crippen molar-refractivity contribution in [2.24, 2.45) is 11.8 Å². The number of rotatable bonds is 0. The van der Waals surface area contributed by atoms with Crippen molar-refractivity contribution < 1.29 is 9.53 Å². The first-order valence-corrected chi connectivity index (χ1v) is 7.78. The van der Waals surface area contributed by atoms with Gasteiger partial charge in [-0.2, -0.15) is 0 Å². The molecule has 5 rings (SSSR count). The summed E-state index contributed by atoms with van der Waals surface area (Å²) in [7, 11) is 0. The number of carbonyl (C=O) groups excluding carboxylic acids is 1. The zero-order valence-electron chi connectivity index (χ0n) is 11.7. The van der Waals surface area contributed by atoms with E-state index in [4.69, 9.17) is 4.74 Å². The van der Waals surface area contributed by atoms with Gasteiger partial charge in [-0.1, -0.05) is 19.1 Å². The molecule has 20 heavy (non-hydrogen) atoms. The van der Waals surface area contributed by atoms with E-state index in [1.807, 2.05) is 0 Å². The molecule has 0 aromatic heterocycles. The Morgan fingerprint density at radius 1 is 1.40 bits per heavy atom. The van der Waals surface area contributed by atoms with Crippen LogP contribution >= 0.6 is 0 Å². The van der Waals surface area contributed by atoms with Gasteiger partial charge in [-0.15, -0.1) is 0 Å². The number of ketones is 1. The van der Waals surface area contributed by atoms with Crippen molar-refractivity contribution in [3.63, 3.8) is 0 Å². The van der Waals surface area contributed by atoms with Gasteiger partial charge >= 0.3 is 0 Å². The maximum absolute atomic E-state index is 12.7. The molecule has 104 valence electrons. The molecule has 3 heteroatoms. The highest BCUT2D eigenvalue weighted by molar-refractivity contribution is 5.90. The fourth-order valence-corrected chi connectivity index (χ4v) is 5.42. The predicted molar refractivity (Wildman–Crippen MR) is 74.9 cm³/mol. The summed E-state index contributed by atoms with van der Waals surface area (Å²) in [6.07, 6.45) is 2.93. The van der Waals surface area contributed by atoms with E-state index in [9.17, 15) is 4.79 Å². The molecule has 1 saturated carbocycles. The van der Waals surface area contributed by atoms with Gasteiger partial charge in [-0.3, -0.25) is 4.79 Å². The lowest BCUT2D eigenvalue weighted by Crippen LogP contribution is -2.66. The molecular formula is C17H19NO2. The van der Waals surface area contributed by atoms with Crippen molar-refractivity contribution in [1.82, 2.24) is 5.32 Å². The summed E-state index contributed by atoms with van der Waals surface area (Å²) >= 11 is 0. The van der Waals surface area contributed by atoms with E-state index in [0.717, 1.165) is 31.6 Å². The summed E-state index contributed by atoms with van der Waals surface area (Å²) in [6.45, 7) is 3.09. The number of Topliss-reactive ketones (excluding diaryl/α,β-unsaturated/α-hetero) is 1. The molecule has 0 amide bonds. The van der Waals surface area contributed by atoms with Crippen LogP contribution in [0.4, 0.5) is 0 Å². The fourth-order valence-electron chi connectivity index (χ4n) is 5.42. The molecule has 3 nitrogen and oxygen atoms in total. The van der Waals surface area contributed by atoms with Gasteiger partial charge in [0.25, 0.3) is 0 Å². The lowest BCUT2D eigenvalue weighted by atomic mass is 9.50. The topological polar surface area (TPSA) is 38.3 Å². The molecule has 2 fully saturated rings. The summed E-state index contributed by atoms with van der Waals surface area (Å²) in [5.41, 5.74) is 2.76. The Morgan fingerprint density at radius 2 is 2.30 bits per heavy atom. The second kappa shape index (κ2) is 3.45. The molecule has 2 aliphatic heterocycles. The molecule has 1 spiro atoms. The minimum atomic E-state index is -0.225. The van der Waals surface area contributed by atoms with Crippen LogP contribution in [-0.2, 0) is 16.6 Å². The Morgan fingerprint density at radius 3 is 3.20 bits per heavy atom. The third-order valence-electron chi connectivity index (χ3n) is 6.17. The van der Waals surface area contributed by atoms with Gasteiger partial charge in [-0.25, -0.2) is 0 Å². The van der Waals surface area contributed by atoms with Crippen LogP contribution < -0.4 is 10.1 Å². The second-order valence-corrected chi connectivity index (χ2v) is 6.99. The number of benzene rings is 1. The third-order valence-corrected chi connectivity index (χ3v) is 6.17. The Bertz CT molecular complexity index is 625. The van der Waals surface area contributed by atoms with Gasteiger partial charge < -0.3 is 10.1 Å². The highest BCUT2D eigenvalue weighted by Crippen LogP contribution is 2.60. The number of hydrogen-bond donors (Lipinski definition) is 1. The minimum absolute atomic E-state index is 0.0241. The Hall–Kier alpha value is -1.35. The molecule has 1 unspecified atom stereocenters. The van der Waals surface area contributed by atoms with Crippen LogP contribution in [-0.4, -0.2) is 24.5 Å². The highest BCUT2D eigenvalue weighted by Gasteiger charge is 2.65. The van der Waals surface area contributed by atoms with Gasteiger partial charge in [0.05, 0.1) is 0 Å². The maximum Gasteiger partial charge on any atom is 0.177 e. The van der Waals surface area contributed by atoms with E-state index >= 15 is 0 Å². The van der Waals surface area contributed by atoms with E-state index in [2.05, 4.69) is 30.4 Å². The first-order valence-electron chi connectivity index (χ1n) is 7.78. The lowest BCUT2D eigenvalue weighted by Gasteiger charge is -2.55. The van der Waals surface area contributed by atoms with Crippen LogP contribution in [0, 0.1) is 11.8 Å². The third kappa shape index (κ3) is 1.07. The first-order chi connectivity index (χ1) is 9.72. The standard InChI is InChI=1S/C17H19NO2/c1-9-7-11-12-8-10-3-2-4-13-14(10)17(11,5-6-18-12)16(20-13)15(9)19/h2-4,9,11-12,16,18H,5-8H2,1H3/t9?,11-,12+,16-,17-/m0/s1. The average Bonchev–Trinajstić information content (AvgIpc) is 2.76. The number of ether oxygens (including phenoxy) is 1. The molecular weight excluding hydrogens is 250 g/mol. The summed E-state index contributed by atoms with van der Waals surface area (Å²) in [4.78, 5) is 12.7. The number of nitrogens with one attached hydrogen (secondary N) is 1. The van der Waals surface area contributed by atoms with E-state index < -0.39 is 0 Å². The van der Waals surface area contributed by atoms with Crippen LogP contribution in [0.5, 0.6) is 5.75 Å². The van der Waals surface area contributed by atoms with Gasteiger partial charge in [0.2, 0.25) is 0 Å². The van der Waals surface area contributed by atoms with Crippen LogP contribution in [0.2, 0.25) is 0 Å². The fraction of sp³-hybridized carbons (Fsp3) is 0.588. The Labute approximate surface area is 118 Å². The maximum atomic E-state index is 12.7. The van der Waals surface area contributed by atoms with Crippen LogP contribution in [0.25, 0.3) is 0 Å². The zero-order valence-corrected chi connectivity index (χ0v) is 11.7. The summed E-state index contributed by atoms with van der Waals surface area (Å²) in [5.74, 6) is 2.01. The highest BCUT2D eigenvalue weighted by atomic mass is 16.5. The monoisotopic (exact) mass is 269 g/mol. The SMILES string of the molecule is CC1C[C@H]2[C@H]3Cc4cccc5c4[C@@]2(CCN3)[C@@H](O5)C1=O. The van der Waals surface area contributed by atoms with E-state index in [1.54, 1.807) is 0 Å². The largest absolute Gasteiger partial charge is 0.481 e. The van der Waals surface area contributed by atoms with E-state index in [0.29, 0.717) is 17.7 Å². The van der Waals surface area contributed by atoms with Crippen molar-refractivity contribution in [1.29, 1.82) is 0 Å². The average molecular weight is 269 g/mol. The number of piperidine rings is 1. The van der Waals surface area contributed by atoms with Crippen molar-refractivity contribution in [2.75, 3.05) is 6.54 Å². The molecule has 1 saturated heterocycles. The number of hydrogen-bond acceptors (Lipinski definition) is 3. The normalized spacial score (nSPS) is 44.0. The minimum Gasteiger partial charge on any atom is -0.481 e. The molecule has 1 N–H and O–H groups in total. The van der Waals surface area contributed by atoms with E-state index in [-0.39, 0.29) is 17.4 Å². The van der Waals surface area contributed by atoms with Gasteiger partial charge in [-0.05, 0) is 43.4 Å². The predicted octanol–water partition coefficient (Wildman–Crippen LogP) is 1.83. The molecule has 2 bridgehead atoms. The van der Waals surface area contributed by atoms with Crippen LogP contribution in [0.1, 0.15) is 30.9 Å². The second-order valence-electron chi connectivity index (χ2n) is 6.99. The van der Waals surface area contributed by atoms with Gasteiger partial charge in [0.1, 0.15) is 5.75 Å². The smallest absolute Gasteiger partial charge is 0.177 e. The zero-order chi connectivity index (χ0) is 13.5. The molecule has 2 aliphatic carbocycles. The van der Waals surface area contributed by atoms with Crippen LogP contribution in [0.15, 0.2) is 18.2 Å². The lowest BCUT2D eigenvalue weighted by molar-refractivity contribution is -0.140. The van der Waals surface area contributed by atoms with E-state index in [1.165, 1.54) is 11.1 Å². The Balaban J connectivity index is 1.82. The first kappa shape index (κ1) is 11.3. The molecule has 4 aliphatic rings. The van der Waals surface area contributed by atoms with Crippen molar-refractivity contribution in [2.45, 2.75) is 43.7 Å². The Kier molecular flexibility index (Phi) is 1.95. The number of carbonyl (C=O) groups is 1. The molecule has 5 atom stereocenters. The van der Waals surface area contributed by atoms with Crippen LogP contribution in [0.3, 0.4) is 0 Å². The summed E-state index contributed by atoms with van der Waals surface area (Å²) in [6, 6.07) is 6.88. The molecule has 1 aromatic carbocycles. The van der Waals surface area contributed by atoms with Crippen molar-refractivity contribution in [3.8, 4) is 5.75 Å².